The monoisotopic (exact) mass is 255 g/mol. The van der Waals surface area contributed by atoms with Crippen molar-refractivity contribution in [3.05, 3.63) is 59.0 Å². The third-order valence-electron chi connectivity index (χ3n) is 3.72. The zero-order valence-electron chi connectivity index (χ0n) is 11.0. The van der Waals surface area contributed by atoms with E-state index in [9.17, 15) is 4.79 Å². The van der Waals surface area contributed by atoms with Crippen molar-refractivity contribution >= 4 is 5.91 Å². The number of fused-ring (bicyclic) bond motifs is 1. The molecule has 3 heteroatoms. The van der Waals surface area contributed by atoms with Crippen LogP contribution in [0.4, 0.5) is 0 Å². The van der Waals surface area contributed by atoms with Crippen LogP contribution in [0.3, 0.4) is 0 Å². The first-order valence-electron chi connectivity index (χ1n) is 6.70. The minimum atomic E-state index is -0.169. The van der Waals surface area contributed by atoms with E-state index < -0.39 is 0 Å². The molecule has 0 saturated heterocycles. The average Bonchev–Trinajstić information content (AvgIpc) is 3.09. The van der Waals surface area contributed by atoms with Crippen molar-refractivity contribution in [2.24, 2.45) is 0 Å². The molecule has 1 atom stereocenters. The van der Waals surface area contributed by atoms with Gasteiger partial charge >= 0.3 is 0 Å². The van der Waals surface area contributed by atoms with Gasteiger partial charge in [-0.1, -0.05) is 18.2 Å². The summed E-state index contributed by atoms with van der Waals surface area (Å²) in [5, 5.41) is 2.96. The molecule has 0 unspecified atom stereocenters. The molecule has 0 fully saturated rings. The number of carbonyl (C=O) groups is 1. The summed E-state index contributed by atoms with van der Waals surface area (Å²) < 4.78 is 5.09. The summed E-state index contributed by atoms with van der Waals surface area (Å²) in [5.41, 5.74) is 4.03. The van der Waals surface area contributed by atoms with Gasteiger partial charge in [0, 0.05) is 0 Å². The molecule has 0 saturated carbocycles. The molecule has 1 aromatic carbocycles. The molecule has 1 heterocycles. The molecule has 0 bridgehead atoms. The summed E-state index contributed by atoms with van der Waals surface area (Å²) >= 11 is 0. The minimum absolute atomic E-state index is 0.0106. The van der Waals surface area contributed by atoms with Crippen molar-refractivity contribution in [2.45, 2.75) is 32.2 Å². The Hall–Kier alpha value is -2.03. The van der Waals surface area contributed by atoms with Crippen LogP contribution < -0.4 is 5.32 Å². The normalized spacial score (nSPS) is 15.0. The molecule has 1 N–H and O–H groups in total. The van der Waals surface area contributed by atoms with Crippen LogP contribution in [0.5, 0.6) is 0 Å². The van der Waals surface area contributed by atoms with E-state index in [1.807, 2.05) is 6.92 Å². The van der Waals surface area contributed by atoms with Crippen LogP contribution in [-0.4, -0.2) is 5.91 Å². The topological polar surface area (TPSA) is 42.2 Å². The lowest BCUT2D eigenvalue weighted by atomic mass is 10.0. The Bertz CT molecular complexity index is 587. The van der Waals surface area contributed by atoms with Crippen molar-refractivity contribution in [1.82, 2.24) is 5.32 Å². The summed E-state index contributed by atoms with van der Waals surface area (Å²) in [5.74, 6) is 0.186. The summed E-state index contributed by atoms with van der Waals surface area (Å²) in [6.07, 6.45) is 5.09. The van der Waals surface area contributed by atoms with Gasteiger partial charge in [0.25, 0.3) is 5.91 Å². The van der Waals surface area contributed by atoms with Gasteiger partial charge in [0.15, 0.2) is 5.76 Å². The second kappa shape index (κ2) is 4.92. The molecule has 3 rings (SSSR count). The fourth-order valence-electron chi connectivity index (χ4n) is 2.62. The number of nitrogens with one attached hydrogen (secondary N) is 1. The Morgan fingerprint density at radius 2 is 2.11 bits per heavy atom. The van der Waals surface area contributed by atoms with Crippen LogP contribution in [0.1, 0.15) is 46.6 Å². The molecular formula is C16H17NO2. The summed E-state index contributed by atoms with van der Waals surface area (Å²) in [6.45, 7) is 2.00. The van der Waals surface area contributed by atoms with Gasteiger partial charge in [0.05, 0.1) is 12.3 Å². The van der Waals surface area contributed by atoms with E-state index in [1.165, 1.54) is 30.2 Å². The summed E-state index contributed by atoms with van der Waals surface area (Å²) in [4.78, 5) is 11.9. The number of benzene rings is 1. The number of aryl methyl sites for hydroxylation is 2. The lowest BCUT2D eigenvalue weighted by Crippen LogP contribution is -2.26. The number of rotatable bonds is 3. The molecule has 0 spiro atoms. The van der Waals surface area contributed by atoms with Gasteiger partial charge in [-0.2, -0.15) is 0 Å². The van der Waals surface area contributed by atoms with Crippen LogP contribution in [0.15, 0.2) is 41.0 Å². The molecule has 1 aliphatic carbocycles. The van der Waals surface area contributed by atoms with Crippen LogP contribution in [-0.2, 0) is 12.8 Å². The number of hydrogen-bond acceptors (Lipinski definition) is 2. The number of furan rings is 1. The van der Waals surface area contributed by atoms with Gasteiger partial charge in [-0.25, -0.2) is 0 Å². The van der Waals surface area contributed by atoms with E-state index in [-0.39, 0.29) is 11.9 Å². The first kappa shape index (κ1) is 12.0. The molecule has 19 heavy (non-hydrogen) atoms. The maximum atomic E-state index is 11.9. The fraction of sp³-hybridized carbons (Fsp3) is 0.312. The lowest BCUT2D eigenvalue weighted by molar-refractivity contribution is 0.0912. The molecule has 3 nitrogen and oxygen atoms in total. The van der Waals surface area contributed by atoms with Gasteiger partial charge in [-0.3, -0.25) is 4.79 Å². The highest BCUT2D eigenvalue weighted by molar-refractivity contribution is 5.91. The number of amides is 1. The maximum absolute atomic E-state index is 11.9. The largest absolute Gasteiger partial charge is 0.459 e. The molecule has 2 aromatic rings. The highest BCUT2D eigenvalue weighted by Gasteiger charge is 2.16. The van der Waals surface area contributed by atoms with Crippen molar-refractivity contribution in [2.75, 3.05) is 0 Å². The van der Waals surface area contributed by atoms with Gasteiger partial charge < -0.3 is 9.73 Å². The van der Waals surface area contributed by atoms with Crippen molar-refractivity contribution in [1.29, 1.82) is 0 Å². The van der Waals surface area contributed by atoms with Gasteiger partial charge in [0.1, 0.15) is 0 Å². The maximum Gasteiger partial charge on any atom is 0.287 e. The Labute approximate surface area is 112 Å². The minimum Gasteiger partial charge on any atom is -0.459 e. The molecule has 0 radical (unpaired) electrons. The highest BCUT2D eigenvalue weighted by Crippen LogP contribution is 2.25. The third-order valence-corrected chi connectivity index (χ3v) is 3.72. The molecular weight excluding hydrogens is 238 g/mol. The second-order valence-electron chi connectivity index (χ2n) is 5.05. The zero-order valence-corrected chi connectivity index (χ0v) is 11.0. The van der Waals surface area contributed by atoms with E-state index in [0.717, 1.165) is 12.0 Å². The standard InChI is InChI=1S/C16H17NO2/c1-11(17-16(18)15-6-3-9-19-15)13-8-7-12-4-2-5-14(12)10-13/h3,6-11H,2,4-5H2,1H3,(H,17,18)/t11-/m1/s1. The van der Waals surface area contributed by atoms with Crippen molar-refractivity contribution in [3.8, 4) is 0 Å². The molecule has 98 valence electrons. The summed E-state index contributed by atoms with van der Waals surface area (Å²) in [7, 11) is 0. The van der Waals surface area contributed by atoms with Crippen molar-refractivity contribution < 1.29 is 9.21 Å². The van der Waals surface area contributed by atoms with E-state index >= 15 is 0 Å². The van der Waals surface area contributed by atoms with E-state index in [2.05, 4.69) is 23.5 Å². The lowest BCUT2D eigenvalue weighted by Gasteiger charge is -2.14. The predicted molar refractivity (Wildman–Crippen MR) is 73.1 cm³/mol. The second-order valence-corrected chi connectivity index (χ2v) is 5.05. The Morgan fingerprint density at radius 1 is 1.26 bits per heavy atom. The Kier molecular flexibility index (Phi) is 3.11. The fourth-order valence-corrected chi connectivity index (χ4v) is 2.62. The first-order chi connectivity index (χ1) is 9.24. The van der Waals surface area contributed by atoms with Gasteiger partial charge in [-0.15, -0.1) is 0 Å². The first-order valence-corrected chi connectivity index (χ1v) is 6.70. The molecule has 1 aliphatic rings. The SMILES string of the molecule is C[C@@H](NC(=O)c1ccco1)c1ccc2c(c1)CCC2. The molecule has 1 aromatic heterocycles. The van der Waals surface area contributed by atoms with Crippen LogP contribution in [0, 0.1) is 0 Å². The van der Waals surface area contributed by atoms with Crippen LogP contribution in [0.25, 0.3) is 0 Å². The average molecular weight is 255 g/mol. The van der Waals surface area contributed by atoms with Crippen molar-refractivity contribution in [3.63, 3.8) is 0 Å². The van der Waals surface area contributed by atoms with Crippen LogP contribution >= 0.6 is 0 Å². The Balaban J connectivity index is 1.73. The van der Waals surface area contributed by atoms with E-state index in [0.29, 0.717) is 5.76 Å². The van der Waals surface area contributed by atoms with Crippen LogP contribution in [0.2, 0.25) is 0 Å². The summed E-state index contributed by atoms with van der Waals surface area (Å²) in [6, 6.07) is 9.89. The quantitative estimate of drug-likeness (QED) is 0.914. The molecule has 1 amide bonds. The van der Waals surface area contributed by atoms with E-state index in [4.69, 9.17) is 4.42 Å². The van der Waals surface area contributed by atoms with E-state index in [1.54, 1.807) is 12.1 Å². The number of carbonyl (C=O) groups excluding carboxylic acids is 1. The highest BCUT2D eigenvalue weighted by atomic mass is 16.3. The molecule has 0 aliphatic heterocycles. The van der Waals surface area contributed by atoms with Gasteiger partial charge in [-0.05, 0) is 55.0 Å². The Morgan fingerprint density at radius 3 is 2.89 bits per heavy atom. The number of hydrogen-bond donors (Lipinski definition) is 1. The third kappa shape index (κ3) is 2.41. The van der Waals surface area contributed by atoms with Gasteiger partial charge in [0.2, 0.25) is 0 Å². The smallest absolute Gasteiger partial charge is 0.287 e. The predicted octanol–water partition coefficient (Wildman–Crippen LogP) is 3.26. The zero-order chi connectivity index (χ0) is 13.2.